The number of nitrogens with zero attached hydrogens (tertiary/aromatic N) is 3. The first kappa shape index (κ1) is 18.7. The van der Waals surface area contributed by atoms with Crippen molar-refractivity contribution in [3.63, 3.8) is 0 Å². The molecule has 1 aromatic heterocycles. The van der Waals surface area contributed by atoms with Crippen LogP contribution in [0.5, 0.6) is 5.88 Å². The van der Waals surface area contributed by atoms with Crippen LogP contribution in [0, 0.1) is 18.3 Å². The standard InChI is InChI=1S/C20H13Cl3N4O/c1-10-17-18(11-5-6-15(22)16(23)7-11)14(9-24)19(25)28-20(17)27(26-10)13-4-2-3-12(21)8-13/h2-8,18H,25H2,1H3/t18-/m0/s1. The predicted molar refractivity (Wildman–Crippen MR) is 109 cm³/mol. The number of ether oxygens (including phenoxy) is 1. The van der Waals surface area contributed by atoms with E-state index < -0.39 is 5.92 Å². The number of aromatic nitrogens is 2. The fourth-order valence-electron chi connectivity index (χ4n) is 3.32. The molecule has 2 heterocycles. The fraction of sp³-hybridized carbons (Fsp3) is 0.100. The largest absolute Gasteiger partial charge is 0.422 e. The van der Waals surface area contributed by atoms with E-state index >= 15 is 0 Å². The Morgan fingerprint density at radius 2 is 1.93 bits per heavy atom. The van der Waals surface area contributed by atoms with Crippen LogP contribution in [0.1, 0.15) is 22.7 Å². The average Bonchev–Trinajstić information content (AvgIpc) is 2.99. The molecule has 4 rings (SSSR count). The van der Waals surface area contributed by atoms with Crippen LogP contribution in [0.4, 0.5) is 0 Å². The van der Waals surface area contributed by atoms with Crippen LogP contribution < -0.4 is 10.5 Å². The SMILES string of the molecule is Cc1nn(-c2cccc(Cl)c2)c2c1[C@@H](c1ccc(Cl)c(Cl)c1)C(C#N)=C(N)O2. The molecule has 140 valence electrons. The van der Waals surface area contributed by atoms with Crippen molar-refractivity contribution in [3.8, 4) is 17.6 Å². The van der Waals surface area contributed by atoms with E-state index in [1.807, 2.05) is 25.1 Å². The summed E-state index contributed by atoms with van der Waals surface area (Å²) in [7, 11) is 0. The molecule has 8 heteroatoms. The average molecular weight is 432 g/mol. The summed E-state index contributed by atoms with van der Waals surface area (Å²) in [6, 6.07) is 14.6. The Bertz CT molecular complexity index is 1180. The van der Waals surface area contributed by atoms with E-state index in [9.17, 15) is 5.26 Å². The molecule has 0 spiro atoms. The lowest BCUT2D eigenvalue weighted by Crippen LogP contribution is -2.22. The summed E-state index contributed by atoms with van der Waals surface area (Å²) < 4.78 is 7.45. The molecule has 3 aromatic rings. The molecule has 2 aromatic carbocycles. The van der Waals surface area contributed by atoms with Gasteiger partial charge in [-0.1, -0.05) is 46.9 Å². The van der Waals surface area contributed by atoms with Gasteiger partial charge in [0.2, 0.25) is 11.8 Å². The molecule has 5 nitrogen and oxygen atoms in total. The van der Waals surface area contributed by atoms with Gasteiger partial charge in [-0.05, 0) is 42.8 Å². The van der Waals surface area contributed by atoms with Crippen LogP contribution >= 0.6 is 34.8 Å². The summed E-state index contributed by atoms with van der Waals surface area (Å²) in [5.41, 5.74) is 9.32. The van der Waals surface area contributed by atoms with Gasteiger partial charge in [0.1, 0.15) is 11.6 Å². The third kappa shape index (κ3) is 3.00. The Morgan fingerprint density at radius 1 is 1.14 bits per heavy atom. The molecular formula is C20H13Cl3N4O. The highest BCUT2D eigenvalue weighted by atomic mass is 35.5. The van der Waals surface area contributed by atoms with Gasteiger partial charge in [-0.15, -0.1) is 0 Å². The molecule has 1 aliphatic rings. The molecule has 0 unspecified atom stereocenters. The molecular weight excluding hydrogens is 419 g/mol. The van der Waals surface area contributed by atoms with Gasteiger partial charge in [-0.3, -0.25) is 0 Å². The molecule has 1 aliphatic heterocycles. The summed E-state index contributed by atoms with van der Waals surface area (Å²) in [4.78, 5) is 0. The van der Waals surface area contributed by atoms with Gasteiger partial charge >= 0.3 is 0 Å². The Hall–Kier alpha value is -2.65. The lowest BCUT2D eigenvalue weighted by molar-refractivity contribution is 0.367. The topological polar surface area (TPSA) is 76.9 Å². The van der Waals surface area contributed by atoms with Crippen molar-refractivity contribution in [1.82, 2.24) is 9.78 Å². The normalized spacial score (nSPS) is 15.8. The first-order chi connectivity index (χ1) is 13.4. The summed E-state index contributed by atoms with van der Waals surface area (Å²) >= 11 is 18.4. The summed E-state index contributed by atoms with van der Waals surface area (Å²) in [6.45, 7) is 1.85. The highest BCUT2D eigenvalue weighted by Gasteiger charge is 2.36. The van der Waals surface area contributed by atoms with Gasteiger partial charge in [0.05, 0.1) is 32.9 Å². The molecule has 0 amide bonds. The molecule has 0 saturated carbocycles. The van der Waals surface area contributed by atoms with E-state index in [-0.39, 0.29) is 5.88 Å². The molecule has 0 fully saturated rings. The van der Waals surface area contributed by atoms with Crippen molar-refractivity contribution in [2.24, 2.45) is 5.73 Å². The zero-order chi connectivity index (χ0) is 20.0. The Labute approximate surface area is 176 Å². The minimum absolute atomic E-state index is 0.0225. The number of aryl methyl sites for hydroxylation is 1. The monoisotopic (exact) mass is 430 g/mol. The van der Waals surface area contributed by atoms with Crippen molar-refractivity contribution >= 4 is 34.8 Å². The number of nitrogens with two attached hydrogens (primary N) is 1. The van der Waals surface area contributed by atoms with Crippen LogP contribution in [0.2, 0.25) is 15.1 Å². The van der Waals surface area contributed by atoms with E-state index in [1.165, 1.54) is 0 Å². The summed E-state index contributed by atoms with van der Waals surface area (Å²) in [5.74, 6) is -0.0157. The van der Waals surface area contributed by atoms with Gasteiger partial charge in [-0.25, -0.2) is 4.68 Å². The molecule has 2 N–H and O–H groups in total. The second kappa shape index (κ2) is 7.06. The van der Waals surface area contributed by atoms with Gasteiger partial charge in [-0.2, -0.15) is 10.4 Å². The van der Waals surface area contributed by atoms with Crippen molar-refractivity contribution < 1.29 is 4.74 Å². The third-order valence-electron chi connectivity index (χ3n) is 4.56. The number of allylic oxidation sites excluding steroid dienone is 1. The summed E-state index contributed by atoms with van der Waals surface area (Å²) in [5, 5.41) is 15.7. The predicted octanol–water partition coefficient (Wildman–Crippen LogP) is 5.36. The van der Waals surface area contributed by atoms with Gasteiger partial charge in [0.15, 0.2) is 0 Å². The van der Waals surface area contributed by atoms with E-state index in [0.717, 1.165) is 16.8 Å². The quantitative estimate of drug-likeness (QED) is 0.592. The zero-order valence-corrected chi connectivity index (χ0v) is 16.8. The first-order valence-electron chi connectivity index (χ1n) is 8.28. The smallest absolute Gasteiger partial charge is 0.229 e. The maximum Gasteiger partial charge on any atom is 0.229 e. The van der Waals surface area contributed by atoms with Crippen LogP contribution in [-0.4, -0.2) is 9.78 Å². The van der Waals surface area contributed by atoms with Crippen LogP contribution in [0.25, 0.3) is 5.69 Å². The fourth-order valence-corrected chi connectivity index (χ4v) is 3.81. The van der Waals surface area contributed by atoms with E-state index in [0.29, 0.717) is 32.2 Å². The number of hydrogen-bond acceptors (Lipinski definition) is 4. The van der Waals surface area contributed by atoms with Crippen LogP contribution in [0.3, 0.4) is 0 Å². The van der Waals surface area contributed by atoms with Gasteiger partial charge in [0, 0.05) is 5.02 Å². The molecule has 0 saturated heterocycles. The van der Waals surface area contributed by atoms with E-state index in [2.05, 4.69) is 11.2 Å². The van der Waals surface area contributed by atoms with Gasteiger partial charge in [0.25, 0.3) is 0 Å². The van der Waals surface area contributed by atoms with Crippen molar-refractivity contribution in [3.05, 3.63) is 85.8 Å². The van der Waals surface area contributed by atoms with E-state index in [1.54, 1.807) is 28.9 Å². The van der Waals surface area contributed by atoms with E-state index in [4.69, 9.17) is 45.3 Å². The van der Waals surface area contributed by atoms with Crippen LogP contribution in [0.15, 0.2) is 53.9 Å². The molecule has 0 aliphatic carbocycles. The number of benzene rings is 2. The Kier molecular flexibility index (Phi) is 4.72. The number of fused-ring (bicyclic) bond motifs is 1. The number of halogens is 3. The lowest BCUT2D eigenvalue weighted by atomic mass is 9.84. The maximum absolute atomic E-state index is 9.72. The van der Waals surface area contributed by atoms with Gasteiger partial charge < -0.3 is 10.5 Å². The Morgan fingerprint density at radius 3 is 2.61 bits per heavy atom. The third-order valence-corrected chi connectivity index (χ3v) is 5.54. The Balaban J connectivity index is 1.96. The maximum atomic E-state index is 9.72. The highest BCUT2D eigenvalue weighted by molar-refractivity contribution is 6.42. The summed E-state index contributed by atoms with van der Waals surface area (Å²) in [6.07, 6.45) is 0. The highest BCUT2D eigenvalue weighted by Crippen LogP contribution is 2.45. The number of hydrogen-bond donors (Lipinski definition) is 1. The molecule has 28 heavy (non-hydrogen) atoms. The minimum atomic E-state index is -0.476. The van der Waals surface area contributed by atoms with Crippen molar-refractivity contribution in [2.75, 3.05) is 0 Å². The minimum Gasteiger partial charge on any atom is -0.422 e. The van der Waals surface area contributed by atoms with Crippen LogP contribution in [-0.2, 0) is 0 Å². The van der Waals surface area contributed by atoms with Crippen molar-refractivity contribution in [2.45, 2.75) is 12.8 Å². The molecule has 0 bridgehead atoms. The second-order valence-electron chi connectivity index (χ2n) is 6.29. The molecule has 1 atom stereocenters. The molecule has 0 radical (unpaired) electrons. The first-order valence-corrected chi connectivity index (χ1v) is 9.42. The number of rotatable bonds is 2. The lowest BCUT2D eigenvalue weighted by Gasteiger charge is -2.25. The number of nitriles is 1. The zero-order valence-electron chi connectivity index (χ0n) is 14.6. The van der Waals surface area contributed by atoms with Crippen molar-refractivity contribution in [1.29, 1.82) is 5.26 Å². The second-order valence-corrected chi connectivity index (χ2v) is 7.55.